The highest BCUT2D eigenvalue weighted by Gasteiger charge is 2.32. The standard InChI is InChI=1S/C12H17BrN2O/c1-8-5-6-9(13)7-10(8)12(2,3)11(16)15(4)14/h5-7H,14H2,1-4H3. The van der Waals surface area contributed by atoms with Crippen molar-refractivity contribution in [1.82, 2.24) is 5.01 Å². The Morgan fingerprint density at radius 2 is 2.00 bits per heavy atom. The third-order valence-corrected chi connectivity index (χ3v) is 3.22. The van der Waals surface area contributed by atoms with Crippen molar-refractivity contribution in [1.29, 1.82) is 0 Å². The highest BCUT2D eigenvalue weighted by molar-refractivity contribution is 9.10. The number of amides is 1. The van der Waals surface area contributed by atoms with Crippen molar-refractivity contribution < 1.29 is 4.79 Å². The summed E-state index contributed by atoms with van der Waals surface area (Å²) in [5.74, 6) is 5.42. The highest BCUT2D eigenvalue weighted by atomic mass is 79.9. The Morgan fingerprint density at radius 1 is 1.44 bits per heavy atom. The zero-order valence-corrected chi connectivity index (χ0v) is 11.6. The molecule has 4 heteroatoms. The molecule has 1 aromatic rings. The van der Waals surface area contributed by atoms with E-state index in [4.69, 9.17) is 5.84 Å². The largest absolute Gasteiger partial charge is 0.283 e. The smallest absolute Gasteiger partial charge is 0.246 e. The third-order valence-electron chi connectivity index (χ3n) is 2.73. The topological polar surface area (TPSA) is 46.3 Å². The summed E-state index contributed by atoms with van der Waals surface area (Å²) in [4.78, 5) is 12.0. The van der Waals surface area contributed by atoms with Crippen molar-refractivity contribution in [3.05, 3.63) is 33.8 Å². The molecule has 0 radical (unpaired) electrons. The number of rotatable bonds is 2. The van der Waals surface area contributed by atoms with E-state index in [0.29, 0.717) is 0 Å². The molecule has 0 aliphatic heterocycles. The van der Waals surface area contributed by atoms with Gasteiger partial charge in [0.1, 0.15) is 0 Å². The number of hydrogen-bond donors (Lipinski definition) is 1. The van der Waals surface area contributed by atoms with Gasteiger partial charge in [0.25, 0.3) is 0 Å². The van der Waals surface area contributed by atoms with Gasteiger partial charge in [-0.3, -0.25) is 9.80 Å². The number of benzene rings is 1. The Labute approximate surface area is 105 Å². The summed E-state index contributed by atoms with van der Waals surface area (Å²) in [6.07, 6.45) is 0. The zero-order chi connectivity index (χ0) is 12.5. The lowest BCUT2D eigenvalue weighted by atomic mass is 9.81. The van der Waals surface area contributed by atoms with E-state index in [2.05, 4.69) is 15.9 Å². The molecule has 16 heavy (non-hydrogen) atoms. The summed E-state index contributed by atoms with van der Waals surface area (Å²) < 4.78 is 0.966. The van der Waals surface area contributed by atoms with Crippen molar-refractivity contribution in [2.45, 2.75) is 26.2 Å². The molecule has 0 aliphatic rings. The molecule has 0 heterocycles. The van der Waals surface area contributed by atoms with Gasteiger partial charge in [0.15, 0.2) is 0 Å². The van der Waals surface area contributed by atoms with E-state index < -0.39 is 5.41 Å². The first-order valence-corrected chi connectivity index (χ1v) is 5.85. The molecule has 0 aliphatic carbocycles. The number of likely N-dealkylation sites (N-methyl/N-ethyl adjacent to an activating group) is 1. The lowest BCUT2D eigenvalue weighted by Crippen LogP contribution is -2.45. The van der Waals surface area contributed by atoms with Crippen LogP contribution >= 0.6 is 15.9 Å². The number of carbonyl (C=O) groups excluding carboxylic acids is 1. The van der Waals surface area contributed by atoms with Gasteiger partial charge in [-0.2, -0.15) is 0 Å². The molecular formula is C12H17BrN2O. The van der Waals surface area contributed by atoms with Gasteiger partial charge in [-0.15, -0.1) is 0 Å². The molecule has 0 fully saturated rings. The van der Waals surface area contributed by atoms with Crippen molar-refractivity contribution >= 4 is 21.8 Å². The first kappa shape index (κ1) is 13.2. The first-order valence-electron chi connectivity index (χ1n) is 5.06. The van der Waals surface area contributed by atoms with Gasteiger partial charge in [-0.1, -0.05) is 22.0 Å². The van der Waals surface area contributed by atoms with Gasteiger partial charge < -0.3 is 0 Å². The van der Waals surface area contributed by atoms with Crippen LogP contribution in [0.1, 0.15) is 25.0 Å². The molecule has 1 aromatic carbocycles. The molecule has 0 atom stereocenters. The van der Waals surface area contributed by atoms with Gasteiger partial charge in [0.05, 0.1) is 5.41 Å². The molecule has 0 saturated heterocycles. The summed E-state index contributed by atoms with van der Waals surface area (Å²) >= 11 is 3.42. The lowest BCUT2D eigenvalue weighted by molar-refractivity contribution is -0.135. The molecule has 0 unspecified atom stereocenters. The van der Waals surface area contributed by atoms with E-state index in [1.54, 1.807) is 7.05 Å². The van der Waals surface area contributed by atoms with Crippen molar-refractivity contribution in [2.24, 2.45) is 5.84 Å². The van der Waals surface area contributed by atoms with Crippen LogP contribution < -0.4 is 5.84 Å². The van der Waals surface area contributed by atoms with Crippen LogP contribution in [0.15, 0.2) is 22.7 Å². The molecule has 3 nitrogen and oxygen atoms in total. The third kappa shape index (κ3) is 2.44. The predicted octanol–water partition coefficient (Wildman–Crippen LogP) is 2.37. The summed E-state index contributed by atoms with van der Waals surface area (Å²) in [5, 5.41) is 1.14. The fourth-order valence-corrected chi connectivity index (χ4v) is 2.18. The van der Waals surface area contributed by atoms with Gasteiger partial charge in [0, 0.05) is 11.5 Å². The van der Waals surface area contributed by atoms with Gasteiger partial charge >= 0.3 is 0 Å². The molecule has 0 saturated carbocycles. The SMILES string of the molecule is Cc1ccc(Br)cc1C(C)(C)C(=O)N(C)N. The van der Waals surface area contributed by atoms with Gasteiger partial charge in [0.2, 0.25) is 5.91 Å². The summed E-state index contributed by atoms with van der Waals surface area (Å²) in [5.41, 5.74) is 1.46. The van der Waals surface area contributed by atoms with E-state index >= 15 is 0 Å². The van der Waals surface area contributed by atoms with E-state index in [0.717, 1.165) is 20.6 Å². The second-order valence-electron chi connectivity index (χ2n) is 4.50. The fraction of sp³-hybridized carbons (Fsp3) is 0.417. The molecule has 88 valence electrons. The van der Waals surface area contributed by atoms with Crippen molar-refractivity contribution in [3.8, 4) is 0 Å². The number of halogens is 1. The maximum absolute atomic E-state index is 12.0. The maximum atomic E-state index is 12.0. The Bertz CT molecular complexity index is 413. The van der Waals surface area contributed by atoms with Gasteiger partial charge in [-0.05, 0) is 44.0 Å². The lowest BCUT2D eigenvalue weighted by Gasteiger charge is -2.28. The quantitative estimate of drug-likeness (QED) is 0.515. The normalized spacial score (nSPS) is 11.4. The molecule has 0 spiro atoms. The van der Waals surface area contributed by atoms with Crippen molar-refractivity contribution in [2.75, 3.05) is 7.05 Å². The Hall–Kier alpha value is -0.870. The second kappa shape index (κ2) is 4.55. The van der Waals surface area contributed by atoms with Crippen LogP contribution in [0.2, 0.25) is 0 Å². The molecule has 1 rings (SSSR count). The van der Waals surface area contributed by atoms with E-state index in [9.17, 15) is 4.79 Å². The minimum Gasteiger partial charge on any atom is -0.283 e. The summed E-state index contributed by atoms with van der Waals surface area (Å²) in [7, 11) is 1.57. The summed E-state index contributed by atoms with van der Waals surface area (Å²) in [6.45, 7) is 5.76. The Balaban J connectivity index is 3.26. The average molecular weight is 285 g/mol. The zero-order valence-electron chi connectivity index (χ0n) is 10.0. The van der Waals surface area contributed by atoms with Crippen LogP contribution in [0.25, 0.3) is 0 Å². The highest BCUT2D eigenvalue weighted by Crippen LogP contribution is 2.30. The second-order valence-corrected chi connectivity index (χ2v) is 5.42. The van der Waals surface area contributed by atoms with Crippen LogP contribution in [-0.2, 0) is 10.2 Å². The van der Waals surface area contributed by atoms with E-state index in [1.165, 1.54) is 0 Å². The number of nitrogens with zero attached hydrogens (tertiary/aromatic N) is 1. The Morgan fingerprint density at radius 3 is 2.50 bits per heavy atom. The fourth-order valence-electron chi connectivity index (χ4n) is 1.82. The number of aryl methyl sites for hydroxylation is 1. The van der Waals surface area contributed by atoms with Crippen molar-refractivity contribution in [3.63, 3.8) is 0 Å². The number of hydrogen-bond acceptors (Lipinski definition) is 2. The minimum absolute atomic E-state index is 0.103. The van der Waals surface area contributed by atoms with Crippen LogP contribution in [-0.4, -0.2) is 18.0 Å². The Kier molecular flexibility index (Phi) is 3.76. The predicted molar refractivity (Wildman–Crippen MR) is 68.9 cm³/mol. The monoisotopic (exact) mass is 284 g/mol. The number of hydrazine groups is 1. The van der Waals surface area contributed by atoms with Crippen LogP contribution in [0, 0.1) is 6.92 Å². The molecule has 0 aromatic heterocycles. The molecule has 2 N–H and O–H groups in total. The summed E-state index contributed by atoms with van der Waals surface area (Å²) in [6, 6.07) is 5.92. The van der Waals surface area contributed by atoms with Crippen LogP contribution in [0.4, 0.5) is 0 Å². The molecular weight excluding hydrogens is 268 g/mol. The van der Waals surface area contributed by atoms with Crippen LogP contribution in [0.5, 0.6) is 0 Å². The van der Waals surface area contributed by atoms with Gasteiger partial charge in [-0.25, -0.2) is 5.84 Å². The van der Waals surface area contributed by atoms with E-state index in [-0.39, 0.29) is 5.91 Å². The minimum atomic E-state index is -0.614. The first-order chi connectivity index (χ1) is 7.26. The molecule has 1 amide bonds. The van der Waals surface area contributed by atoms with Crippen LogP contribution in [0.3, 0.4) is 0 Å². The average Bonchev–Trinajstić information content (AvgIpc) is 2.20. The number of carbonyl (C=O) groups is 1. The number of nitrogens with two attached hydrogens (primary N) is 1. The maximum Gasteiger partial charge on any atom is 0.246 e. The van der Waals surface area contributed by atoms with E-state index in [1.807, 2.05) is 39.0 Å². The molecule has 0 bridgehead atoms.